The van der Waals surface area contributed by atoms with Crippen molar-refractivity contribution in [3.63, 3.8) is 0 Å². The zero-order chi connectivity index (χ0) is 11.7. The van der Waals surface area contributed by atoms with Crippen LogP contribution in [0.3, 0.4) is 0 Å². The van der Waals surface area contributed by atoms with Gasteiger partial charge in [-0.25, -0.2) is 0 Å². The summed E-state index contributed by atoms with van der Waals surface area (Å²) in [4.78, 5) is 4.46. The van der Waals surface area contributed by atoms with Gasteiger partial charge in [0.05, 0.1) is 5.92 Å². The van der Waals surface area contributed by atoms with E-state index in [4.69, 9.17) is 4.52 Å². The number of aromatic nitrogens is 2. The Bertz CT molecular complexity index is 520. The van der Waals surface area contributed by atoms with E-state index < -0.39 is 0 Å². The van der Waals surface area contributed by atoms with Gasteiger partial charge >= 0.3 is 0 Å². The Morgan fingerprint density at radius 3 is 3.12 bits per heavy atom. The van der Waals surface area contributed by atoms with E-state index in [0.29, 0.717) is 11.7 Å². The van der Waals surface area contributed by atoms with Crippen molar-refractivity contribution in [3.8, 4) is 11.4 Å². The lowest BCUT2D eigenvalue weighted by molar-refractivity contribution is 0.359. The van der Waals surface area contributed by atoms with Gasteiger partial charge in [0.2, 0.25) is 11.7 Å². The van der Waals surface area contributed by atoms with Crippen LogP contribution in [0.5, 0.6) is 0 Å². The zero-order valence-corrected chi connectivity index (χ0v) is 10.8. The van der Waals surface area contributed by atoms with Crippen molar-refractivity contribution in [2.75, 3.05) is 13.1 Å². The smallest absolute Gasteiger partial charge is 0.231 e. The van der Waals surface area contributed by atoms with Gasteiger partial charge in [-0.3, -0.25) is 0 Å². The van der Waals surface area contributed by atoms with E-state index in [-0.39, 0.29) is 0 Å². The molecule has 1 atom stereocenters. The fourth-order valence-corrected chi connectivity index (χ4v) is 2.41. The van der Waals surface area contributed by atoms with Crippen LogP contribution >= 0.6 is 15.9 Å². The minimum absolute atomic E-state index is 0.364. The normalized spacial score (nSPS) is 19.7. The fraction of sp³-hybridized carbons (Fsp3) is 0.333. The third kappa shape index (κ3) is 2.25. The summed E-state index contributed by atoms with van der Waals surface area (Å²) in [5.74, 6) is 1.77. The second kappa shape index (κ2) is 4.58. The molecular weight excluding hydrogens is 282 g/mol. The molecule has 0 aliphatic carbocycles. The van der Waals surface area contributed by atoms with Gasteiger partial charge in [-0.1, -0.05) is 33.2 Å². The SMILES string of the molecule is Brc1cccc(-c2noc(C3CCNC3)n2)c1. The van der Waals surface area contributed by atoms with E-state index in [9.17, 15) is 0 Å². The van der Waals surface area contributed by atoms with Crippen LogP contribution in [0, 0.1) is 0 Å². The second-order valence-corrected chi connectivity index (χ2v) is 5.07. The van der Waals surface area contributed by atoms with Crippen molar-refractivity contribution in [2.24, 2.45) is 0 Å². The Balaban J connectivity index is 1.89. The lowest BCUT2D eigenvalue weighted by Gasteiger charge is -1.98. The van der Waals surface area contributed by atoms with Crippen molar-refractivity contribution in [1.29, 1.82) is 0 Å². The Morgan fingerprint density at radius 1 is 1.41 bits per heavy atom. The highest BCUT2D eigenvalue weighted by molar-refractivity contribution is 9.10. The highest BCUT2D eigenvalue weighted by atomic mass is 79.9. The van der Waals surface area contributed by atoms with E-state index in [2.05, 4.69) is 31.4 Å². The van der Waals surface area contributed by atoms with E-state index >= 15 is 0 Å². The number of nitrogens with one attached hydrogen (secondary N) is 1. The zero-order valence-electron chi connectivity index (χ0n) is 9.19. The Morgan fingerprint density at radius 2 is 2.35 bits per heavy atom. The molecular formula is C12H12BrN3O. The number of nitrogens with zero attached hydrogens (tertiary/aromatic N) is 2. The average Bonchev–Trinajstić information content (AvgIpc) is 3.00. The summed E-state index contributed by atoms with van der Waals surface area (Å²) in [5, 5.41) is 7.33. The summed E-state index contributed by atoms with van der Waals surface area (Å²) >= 11 is 3.44. The van der Waals surface area contributed by atoms with Gasteiger partial charge in [0.15, 0.2) is 0 Å². The molecule has 0 bridgehead atoms. The molecule has 3 rings (SSSR count). The molecule has 4 nitrogen and oxygen atoms in total. The molecule has 1 saturated heterocycles. The molecule has 0 saturated carbocycles. The van der Waals surface area contributed by atoms with E-state index in [0.717, 1.165) is 35.4 Å². The molecule has 2 aromatic rings. The maximum Gasteiger partial charge on any atom is 0.231 e. The highest BCUT2D eigenvalue weighted by Gasteiger charge is 2.22. The first-order valence-electron chi connectivity index (χ1n) is 5.63. The molecule has 1 aromatic heterocycles. The van der Waals surface area contributed by atoms with Gasteiger partial charge in [0.25, 0.3) is 0 Å². The van der Waals surface area contributed by atoms with Crippen LogP contribution < -0.4 is 5.32 Å². The molecule has 2 heterocycles. The number of hydrogen-bond acceptors (Lipinski definition) is 4. The molecule has 0 spiro atoms. The van der Waals surface area contributed by atoms with Crippen LogP contribution in [0.4, 0.5) is 0 Å². The third-order valence-corrected chi connectivity index (χ3v) is 3.43. The van der Waals surface area contributed by atoms with Crippen molar-refractivity contribution >= 4 is 15.9 Å². The lowest BCUT2D eigenvalue weighted by Crippen LogP contribution is -2.08. The number of halogens is 1. The number of hydrogen-bond donors (Lipinski definition) is 1. The first kappa shape index (κ1) is 10.9. The van der Waals surface area contributed by atoms with Crippen LogP contribution in [-0.4, -0.2) is 23.2 Å². The van der Waals surface area contributed by atoms with Gasteiger partial charge in [-0.05, 0) is 25.1 Å². The minimum Gasteiger partial charge on any atom is -0.339 e. The minimum atomic E-state index is 0.364. The highest BCUT2D eigenvalue weighted by Crippen LogP contribution is 2.25. The Hall–Kier alpha value is -1.20. The van der Waals surface area contributed by atoms with Crippen molar-refractivity contribution < 1.29 is 4.52 Å². The molecule has 0 radical (unpaired) electrons. The predicted molar refractivity (Wildman–Crippen MR) is 67.7 cm³/mol. The first-order chi connectivity index (χ1) is 8.33. The maximum atomic E-state index is 5.33. The summed E-state index contributed by atoms with van der Waals surface area (Å²) in [6.45, 7) is 1.96. The van der Waals surface area contributed by atoms with Crippen LogP contribution in [-0.2, 0) is 0 Å². The van der Waals surface area contributed by atoms with Gasteiger partial charge in [0.1, 0.15) is 0 Å². The van der Waals surface area contributed by atoms with Gasteiger partial charge < -0.3 is 9.84 Å². The first-order valence-corrected chi connectivity index (χ1v) is 6.42. The van der Waals surface area contributed by atoms with Crippen molar-refractivity contribution in [2.45, 2.75) is 12.3 Å². The predicted octanol–water partition coefficient (Wildman–Crippen LogP) is 2.58. The Kier molecular flexibility index (Phi) is 2.94. The molecule has 17 heavy (non-hydrogen) atoms. The molecule has 5 heteroatoms. The van der Waals surface area contributed by atoms with E-state index in [1.54, 1.807) is 0 Å². The van der Waals surface area contributed by atoms with Crippen LogP contribution in [0.2, 0.25) is 0 Å². The van der Waals surface area contributed by atoms with Crippen molar-refractivity contribution in [3.05, 3.63) is 34.6 Å². The van der Waals surface area contributed by atoms with Crippen LogP contribution in [0.25, 0.3) is 11.4 Å². The molecule has 1 aliphatic heterocycles. The third-order valence-electron chi connectivity index (χ3n) is 2.93. The lowest BCUT2D eigenvalue weighted by atomic mass is 10.1. The molecule has 88 valence electrons. The van der Waals surface area contributed by atoms with Gasteiger partial charge in [-0.15, -0.1) is 0 Å². The Labute approximate surface area is 108 Å². The summed E-state index contributed by atoms with van der Waals surface area (Å²) in [6, 6.07) is 7.91. The van der Waals surface area contributed by atoms with Gasteiger partial charge in [0, 0.05) is 16.6 Å². The van der Waals surface area contributed by atoms with Crippen molar-refractivity contribution in [1.82, 2.24) is 15.5 Å². The molecule has 1 unspecified atom stereocenters. The van der Waals surface area contributed by atoms with E-state index in [1.807, 2.05) is 24.3 Å². The quantitative estimate of drug-likeness (QED) is 0.925. The monoisotopic (exact) mass is 293 g/mol. The summed E-state index contributed by atoms with van der Waals surface area (Å²) in [5.41, 5.74) is 0.973. The standard InChI is InChI=1S/C12H12BrN3O/c13-10-3-1-2-8(6-10)11-15-12(17-16-11)9-4-5-14-7-9/h1-3,6,9,14H,4-5,7H2. The fourth-order valence-electron chi connectivity index (χ4n) is 2.01. The summed E-state index contributed by atoms with van der Waals surface area (Å²) in [6.07, 6.45) is 1.07. The molecule has 1 aliphatic rings. The topological polar surface area (TPSA) is 51.0 Å². The molecule has 0 amide bonds. The molecule has 1 aromatic carbocycles. The maximum absolute atomic E-state index is 5.33. The molecule has 1 N–H and O–H groups in total. The summed E-state index contributed by atoms with van der Waals surface area (Å²) < 4.78 is 6.34. The van der Waals surface area contributed by atoms with Gasteiger partial charge in [-0.2, -0.15) is 4.98 Å². The summed E-state index contributed by atoms with van der Waals surface area (Å²) in [7, 11) is 0. The van der Waals surface area contributed by atoms with Crippen LogP contribution in [0.15, 0.2) is 33.3 Å². The number of rotatable bonds is 2. The molecule has 1 fully saturated rings. The second-order valence-electron chi connectivity index (χ2n) is 4.16. The van der Waals surface area contributed by atoms with Crippen LogP contribution in [0.1, 0.15) is 18.2 Å². The largest absolute Gasteiger partial charge is 0.339 e. The van der Waals surface area contributed by atoms with E-state index in [1.165, 1.54) is 0 Å². The number of benzene rings is 1. The average molecular weight is 294 g/mol.